The summed E-state index contributed by atoms with van der Waals surface area (Å²) in [6, 6.07) is 13.2. The van der Waals surface area contributed by atoms with E-state index in [-0.39, 0.29) is 17.4 Å². The zero-order chi connectivity index (χ0) is 18.0. The highest BCUT2D eigenvalue weighted by Gasteiger charge is 2.46. The number of rotatable bonds is 4. The Labute approximate surface area is 152 Å². The molecule has 1 aromatic heterocycles. The maximum atomic E-state index is 13.4. The number of amides is 1. The lowest BCUT2D eigenvalue weighted by Crippen LogP contribution is -2.59. The third-order valence-corrected chi connectivity index (χ3v) is 5.54. The van der Waals surface area contributed by atoms with Crippen molar-refractivity contribution < 1.29 is 9.53 Å². The zero-order valence-electron chi connectivity index (χ0n) is 14.7. The van der Waals surface area contributed by atoms with Crippen molar-refractivity contribution in [1.82, 2.24) is 14.7 Å². The fourth-order valence-electron chi connectivity index (χ4n) is 4.03. The number of benzene rings is 1. The number of likely N-dealkylation sites (tertiary alicyclic amines) is 1. The van der Waals surface area contributed by atoms with E-state index in [4.69, 9.17) is 4.74 Å². The summed E-state index contributed by atoms with van der Waals surface area (Å²) in [4.78, 5) is 27.1. The molecule has 0 saturated carbocycles. The molecular formula is C20H23N3O3. The van der Waals surface area contributed by atoms with Crippen LogP contribution in [-0.4, -0.2) is 46.9 Å². The highest BCUT2D eigenvalue weighted by molar-refractivity contribution is 5.89. The number of nitrogens with zero attached hydrogens (tertiary/aromatic N) is 3. The molecule has 3 heterocycles. The van der Waals surface area contributed by atoms with Crippen LogP contribution in [0.25, 0.3) is 0 Å². The maximum absolute atomic E-state index is 13.4. The zero-order valence-corrected chi connectivity index (χ0v) is 14.7. The third kappa shape index (κ3) is 3.05. The van der Waals surface area contributed by atoms with E-state index in [0.29, 0.717) is 32.8 Å². The molecule has 2 aromatic rings. The lowest BCUT2D eigenvalue weighted by atomic mass is 9.72. The normalized spacial score (nSPS) is 19.8. The van der Waals surface area contributed by atoms with E-state index in [1.165, 1.54) is 10.7 Å². The van der Waals surface area contributed by atoms with Gasteiger partial charge in [0.1, 0.15) is 0 Å². The van der Waals surface area contributed by atoms with E-state index in [2.05, 4.69) is 5.10 Å². The summed E-state index contributed by atoms with van der Waals surface area (Å²) in [7, 11) is 0. The molecule has 2 aliphatic heterocycles. The lowest BCUT2D eigenvalue weighted by Gasteiger charge is -2.46. The first-order valence-electron chi connectivity index (χ1n) is 9.14. The molecule has 0 spiro atoms. The van der Waals surface area contributed by atoms with Gasteiger partial charge in [-0.15, -0.1) is 0 Å². The molecule has 0 bridgehead atoms. The van der Waals surface area contributed by atoms with Crippen LogP contribution >= 0.6 is 0 Å². The van der Waals surface area contributed by atoms with E-state index in [1.807, 2.05) is 35.2 Å². The Kier molecular flexibility index (Phi) is 4.59. The molecule has 6 nitrogen and oxygen atoms in total. The van der Waals surface area contributed by atoms with Crippen LogP contribution in [-0.2, 0) is 21.5 Å². The second-order valence-electron chi connectivity index (χ2n) is 7.18. The Bertz CT molecular complexity index is 821. The SMILES string of the molecule is O=C(N1CC(Cn2ncccc2=O)C1)C1(c2ccccc2)CCOCC1. The van der Waals surface area contributed by atoms with Crippen molar-refractivity contribution in [1.29, 1.82) is 0 Å². The maximum Gasteiger partial charge on any atom is 0.266 e. The van der Waals surface area contributed by atoms with Gasteiger partial charge in [-0.25, -0.2) is 4.68 Å². The van der Waals surface area contributed by atoms with Crippen LogP contribution < -0.4 is 5.56 Å². The first-order chi connectivity index (χ1) is 12.7. The summed E-state index contributed by atoms with van der Waals surface area (Å²) < 4.78 is 7.00. The van der Waals surface area contributed by atoms with Gasteiger partial charge in [-0.05, 0) is 24.5 Å². The number of hydrogen-bond donors (Lipinski definition) is 0. The van der Waals surface area contributed by atoms with Gasteiger partial charge in [0.2, 0.25) is 5.91 Å². The van der Waals surface area contributed by atoms with E-state index >= 15 is 0 Å². The van der Waals surface area contributed by atoms with E-state index < -0.39 is 5.41 Å². The largest absolute Gasteiger partial charge is 0.381 e. The minimum atomic E-state index is -0.480. The second-order valence-corrected chi connectivity index (χ2v) is 7.18. The van der Waals surface area contributed by atoms with Crippen LogP contribution in [0.5, 0.6) is 0 Å². The summed E-state index contributed by atoms with van der Waals surface area (Å²) in [5.74, 6) is 0.468. The molecule has 136 valence electrons. The predicted molar refractivity (Wildman–Crippen MR) is 96.7 cm³/mol. The average molecular weight is 353 g/mol. The second kappa shape index (κ2) is 7.03. The van der Waals surface area contributed by atoms with E-state index in [1.54, 1.807) is 12.3 Å². The average Bonchev–Trinajstić information content (AvgIpc) is 2.66. The molecule has 0 aliphatic carbocycles. The van der Waals surface area contributed by atoms with Gasteiger partial charge in [-0.2, -0.15) is 5.10 Å². The fraction of sp³-hybridized carbons (Fsp3) is 0.450. The number of carbonyl (C=O) groups excluding carboxylic acids is 1. The monoisotopic (exact) mass is 353 g/mol. The van der Waals surface area contributed by atoms with Crippen molar-refractivity contribution in [2.75, 3.05) is 26.3 Å². The number of carbonyl (C=O) groups is 1. The summed E-state index contributed by atoms with van der Waals surface area (Å²) >= 11 is 0. The van der Waals surface area contributed by atoms with Crippen LogP contribution in [0.3, 0.4) is 0 Å². The molecule has 0 radical (unpaired) electrons. The van der Waals surface area contributed by atoms with Crippen molar-refractivity contribution in [3.8, 4) is 0 Å². The van der Waals surface area contributed by atoms with Gasteiger partial charge in [0.05, 0.1) is 12.0 Å². The summed E-state index contributed by atoms with van der Waals surface area (Å²) in [5.41, 5.74) is 0.506. The molecule has 2 saturated heterocycles. The van der Waals surface area contributed by atoms with E-state index in [9.17, 15) is 9.59 Å². The molecule has 4 rings (SSSR count). The first-order valence-corrected chi connectivity index (χ1v) is 9.14. The van der Waals surface area contributed by atoms with Crippen molar-refractivity contribution in [2.45, 2.75) is 24.8 Å². The Morgan fingerprint density at radius 1 is 1.12 bits per heavy atom. The molecule has 0 N–H and O–H groups in total. The molecule has 2 fully saturated rings. The van der Waals surface area contributed by atoms with Gasteiger partial charge in [-0.3, -0.25) is 9.59 Å². The van der Waals surface area contributed by atoms with Crippen LogP contribution in [0.15, 0.2) is 53.5 Å². The Hall–Kier alpha value is -2.47. The number of aromatic nitrogens is 2. The summed E-state index contributed by atoms with van der Waals surface area (Å²) in [6.07, 6.45) is 3.06. The smallest absolute Gasteiger partial charge is 0.266 e. The van der Waals surface area contributed by atoms with Crippen molar-refractivity contribution in [3.05, 3.63) is 64.6 Å². The van der Waals surface area contributed by atoms with Gasteiger partial charge in [0.25, 0.3) is 5.56 Å². The van der Waals surface area contributed by atoms with E-state index in [0.717, 1.165) is 18.4 Å². The van der Waals surface area contributed by atoms with Crippen LogP contribution in [0, 0.1) is 5.92 Å². The summed E-state index contributed by atoms with van der Waals surface area (Å²) in [6.45, 7) is 3.14. The van der Waals surface area contributed by atoms with Gasteiger partial charge in [0, 0.05) is 44.5 Å². The molecular weight excluding hydrogens is 330 g/mol. The molecule has 1 aromatic carbocycles. The van der Waals surface area contributed by atoms with Crippen molar-refractivity contribution in [2.24, 2.45) is 5.92 Å². The molecule has 0 unspecified atom stereocenters. The third-order valence-electron chi connectivity index (χ3n) is 5.54. The minimum absolute atomic E-state index is 0.0949. The van der Waals surface area contributed by atoms with Crippen LogP contribution in [0.2, 0.25) is 0 Å². The summed E-state index contributed by atoms with van der Waals surface area (Å²) in [5, 5.41) is 4.11. The molecule has 1 amide bonds. The van der Waals surface area contributed by atoms with Gasteiger partial charge in [0.15, 0.2) is 0 Å². The van der Waals surface area contributed by atoms with Crippen LogP contribution in [0.4, 0.5) is 0 Å². The fourth-order valence-corrected chi connectivity index (χ4v) is 4.03. The lowest BCUT2D eigenvalue weighted by molar-refractivity contribution is -0.148. The predicted octanol–water partition coefficient (Wildman–Crippen LogP) is 1.45. The quantitative estimate of drug-likeness (QED) is 0.835. The highest BCUT2D eigenvalue weighted by Crippen LogP contribution is 2.38. The Morgan fingerprint density at radius 3 is 2.54 bits per heavy atom. The molecule has 2 aliphatic rings. The van der Waals surface area contributed by atoms with Gasteiger partial charge >= 0.3 is 0 Å². The Morgan fingerprint density at radius 2 is 1.85 bits per heavy atom. The minimum Gasteiger partial charge on any atom is -0.381 e. The van der Waals surface area contributed by atoms with Gasteiger partial charge in [-0.1, -0.05) is 30.3 Å². The van der Waals surface area contributed by atoms with Gasteiger partial charge < -0.3 is 9.64 Å². The standard InChI is InChI=1S/C20H23N3O3/c24-18-7-4-10-21-23(18)15-16-13-22(14-16)19(25)20(8-11-26-12-9-20)17-5-2-1-3-6-17/h1-7,10,16H,8-9,11-15H2. The topological polar surface area (TPSA) is 64.4 Å². The number of hydrogen-bond acceptors (Lipinski definition) is 4. The number of ether oxygens (including phenoxy) is 1. The van der Waals surface area contributed by atoms with Crippen molar-refractivity contribution in [3.63, 3.8) is 0 Å². The highest BCUT2D eigenvalue weighted by atomic mass is 16.5. The first kappa shape index (κ1) is 17.0. The molecule has 6 heteroatoms. The van der Waals surface area contributed by atoms with Crippen LogP contribution in [0.1, 0.15) is 18.4 Å². The molecule has 0 atom stereocenters. The van der Waals surface area contributed by atoms with Crippen molar-refractivity contribution >= 4 is 5.91 Å². The Balaban J connectivity index is 1.47. The molecule has 26 heavy (non-hydrogen) atoms.